The van der Waals surface area contributed by atoms with Crippen LogP contribution in [0.3, 0.4) is 0 Å². The minimum atomic E-state index is -0.103. The van der Waals surface area contributed by atoms with Gasteiger partial charge in [0, 0.05) is 50.6 Å². The number of hydrogen-bond donors (Lipinski definition) is 0. The van der Waals surface area contributed by atoms with Gasteiger partial charge in [-0.3, -0.25) is 14.6 Å². The van der Waals surface area contributed by atoms with Gasteiger partial charge in [-0.2, -0.15) is 0 Å². The van der Waals surface area contributed by atoms with Crippen molar-refractivity contribution < 1.29 is 14.3 Å². The van der Waals surface area contributed by atoms with Gasteiger partial charge in [-0.15, -0.1) is 0 Å². The normalized spacial score (nSPS) is 14.2. The summed E-state index contributed by atoms with van der Waals surface area (Å²) in [7, 11) is 2.05. The standard InChI is InChI=1S/C26H27N3O3/c1-28-12-14-29(15-13-28)26(31)22-9-10-25(32-19-20-6-3-2-4-7-20)23(17-22)24(30)16-21-8-5-11-27-18-21/h2-11,17-18H,12-16,19H2,1H3. The average Bonchev–Trinajstić information content (AvgIpc) is 2.84. The number of aromatic nitrogens is 1. The molecule has 0 unspecified atom stereocenters. The molecule has 0 spiro atoms. The fraction of sp³-hybridized carbons (Fsp3) is 0.269. The van der Waals surface area contributed by atoms with Gasteiger partial charge in [0.2, 0.25) is 0 Å². The number of ether oxygens (including phenoxy) is 1. The highest BCUT2D eigenvalue weighted by atomic mass is 16.5. The number of rotatable bonds is 7. The van der Waals surface area contributed by atoms with Crippen molar-refractivity contribution in [3.05, 3.63) is 95.3 Å². The number of ketones is 1. The molecule has 0 saturated carbocycles. The largest absolute Gasteiger partial charge is 0.488 e. The predicted molar refractivity (Wildman–Crippen MR) is 123 cm³/mol. The molecule has 0 N–H and O–H groups in total. The lowest BCUT2D eigenvalue weighted by molar-refractivity contribution is 0.0664. The summed E-state index contributed by atoms with van der Waals surface area (Å²) in [5.41, 5.74) is 2.76. The minimum Gasteiger partial charge on any atom is -0.488 e. The highest BCUT2D eigenvalue weighted by molar-refractivity contribution is 6.03. The summed E-state index contributed by atoms with van der Waals surface area (Å²) in [5, 5.41) is 0. The van der Waals surface area contributed by atoms with Gasteiger partial charge in [0.1, 0.15) is 12.4 Å². The Kier molecular flexibility index (Phi) is 6.92. The number of carbonyl (C=O) groups is 2. The minimum absolute atomic E-state index is 0.0527. The number of nitrogens with zero attached hydrogens (tertiary/aromatic N) is 3. The van der Waals surface area contributed by atoms with Crippen LogP contribution in [0.4, 0.5) is 0 Å². The molecule has 6 nitrogen and oxygen atoms in total. The van der Waals surface area contributed by atoms with Crippen LogP contribution in [0.5, 0.6) is 5.75 Å². The van der Waals surface area contributed by atoms with Crippen LogP contribution in [0.1, 0.15) is 31.8 Å². The molecular weight excluding hydrogens is 402 g/mol. The molecular formula is C26H27N3O3. The molecule has 1 aliphatic rings. The maximum absolute atomic E-state index is 13.2. The Labute approximate surface area is 188 Å². The molecule has 6 heteroatoms. The van der Waals surface area contributed by atoms with Crippen LogP contribution in [0.15, 0.2) is 73.1 Å². The third kappa shape index (κ3) is 5.39. The first-order chi connectivity index (χ1) is 15.6. The van der Waals surface area contributed by atoms with Gasteiger partial charge in [-0.05, 0) is 42.4 Å². The van der Waals surface area contributed by atoms with Crippen LogP contribution < -0.4 is 4.74 Å². The Morgan fingerprint density at radius 3 is 2.41 bits per heavy atom. The van der Waals surface area contributed by atoms with Crippen molar-refractivity contribution in [2.45, 2.75) is 13.0 Å². The number of likely N-dealkylation sites (N-methyl/N-ethyl adjacent to an activating group) is 1. The lowest BCUT2D eigenvalue weighted by Crippen LogP contribution is -2.47. The Bertz CT molecular complexity index is 1060. The van der Waals surface area contributed by atoms with E-state index in [1.165, 1.54) is 0 Å². The van der Waals surface area contributed by atoms with Crippen molar-refractivity contribution in [1.82, 2.24) is 14.8 Å². The third-order valence-corrected chi connectivity index (χ3v) is 5.64. The molecule has 32 heavy (non-hydrogen) atoms. The molecule has 0 atom stereocenters. The van der Waals surface area contributed by atoms with Crippen LogP contribution >= 0.6 is 0 Å². The van der Waals surface area contributed by atoms with E-state index in [-0.39, 0.29) is 18.1 Å². The van der Waals surface area contributed by atoms with Crippen LogP contribution in [-0.4, -0.2) is 59.7 Å². The number of pyridine rings is 1. The maximum Gasteiger partial charge on any atom is 0.253 e. The van der Waals surface area contributed by atoms with E-state index in [2.05, 4.69) is 16.9 Å². The molecule has 1 aliphatic heterocycles. The van der Waals surface area contributed by atoms with E-state index < -0.39 is 0 Å². The first kappa shape index (κ1) is 21.7. The van der Waals surface area contributed by atoms with Gasteiger partial charge < -0.3 is 14.5 Å². The number of carbonyl (C=O) groups excluding carboxylic acids is 2. The van der Waals surface area contributed by atoms with Crippen LogP contribution in [0.25, 0.3) is 0 Å². The van der Waals surface area contributed by atoms with Gasteiger partial charge in [0.15, 0.2) is 5.78 Å². The molecule has 2 heterocycles. The Hall–Kier alpha value is -3.51. The molecule has 1 amide bonds. The van der Waals surface area contributed by atoms with Gasteiger partial charge >= 0.3 is 0 Å². The van der Waals surface area contributed by atoms with Crippen molar-refractivity contribution in [2.24, 2.45) is 0 Å². The molecule has 0 radical (unpaired) electrons. The fourth-order valence-electron chi connectivity index (χ4n) is 3.72. The molecule has 4 rings (SSSR count). The molecule has 1 fully saturated rings. The van der Waals surface area contributed by atoms with E-state index in [0.717, 1.165) is 24.2 Å². The molecule has 0 aliphatic carbocycles. The van der Waals surface area contributed by atoms with E-state index in [9.17, 15) is 9.59 Å². The molecule has 0 bridgehead atoms. The predicted octanol–water partition coefficient (Wildman–Crippen LogP) is 3.47. The van der Waals surface area contributed by atoms with Gasteiger partial charge in [-0.1, -0.05) is 36.4 Å². The SMILES string of the molecule is CN1CCN(C(=O)c2ccc(OCc3ccccc3)c(C(=O)Cc3cccnc3)c2)CC1. The lowest BCUT2D eigenvalue weighted by Gasteiger charge is -2.32. The lowest BCUT2D eigenvalue weighted by atomic mass is 10.00. The zero-order chi connectivity index (χ0) is 22.3. The number of amides is 1. The second-order valence-electron chi connectivity index (χ2n) is 8.04. The van der Waals surface area contributed by atoms with Crippen LogP contribution in [0.2, 0.25) is 0 Å². The van der Waals surface area contributed by atoms with E-state index in [0.29, 0.717) is 36.6 Å². The van der Waals surface area contributed by atoms with Crippen molar-refractivity contribution in [3.8, 4) is 5.75 Å². The summed E-state index contributed by atoms with van der Waals surface area (Å²) in [6.07, 6.45) is 3.56. The molecule has 2 aromatic carbocycles. The second kappa shape index (κ2) is 10.2. The highest BCUT2D eigenvalue weighted by Crippen LogP contribution is 2.24. The highest BCUT2D eigenvalue weighted by Gasteiger charge is 2.23. The van der Waals surface area contributed by atoms with E-state index in [1.54, 1.807) is 30.6 Å². The quantitative estimate of drug-likeness (QED) is 0.538. The fourth-order valence-corrected chi connectivity index (χ4v) is 3.72. The Morgan fingerprint density at radius 1 is 0.938 bits per heavy atom. The summed E-state index contributed by atoms with van der Waals surface area (Å²) < 4.78 is 6.01. The average molecular weight is 430 g/mol. The summed E-state index contributed by atoms with van der Waals surface area (Å²) in [6, 6.07) is 18.6. The van der Waals surface area contributed by atoms with E-state index in [4.69, 9.17) is 4.74 Å². The van der Waals surface area contributed by atoms with Crippen LogP contribution in [0, 0.1) is 0 Å². The number of hydrogen-bond acceptors (Lipinski definition) is 5. The van der Waals surface area contributed by atoms with Crippen molar-refractivity contribution in [2.75, 3.05) is 33.2 Å². The van der Waals surface area contributed by atoms with Gasteiger partial charge in [0.25, 0.3) is 5.91 Å². The zero-order valence-electron chi connectivity index (χ0n) is 18.2. The third-order valence-electron chi connectivity index (χ3n) is 5.64. The van der Waals surface area contributed by atoms with E-state index in [1.807, 2.05) is 47.4 Å². The molecule has 164 valence electrons. The first-order valence-corrected chi connectivity index (χ1v) is 10.8. The van der Waals surface area contributed by atoms with Gasteiger partial charge in [-0.25, -0.2) is 0 Å². The monoisotopic (exact) mass is 429 g/mol. The molecule has 1 aromatic heterocycles. The van der Waals surface area contributed by atoms with Crippen molar-refractivity contribution in [3.63, 3.8) is 0 Å². The van der Waals surface area contributed by atoms with Crippen molar-refractivity contribution in [1.29, 1.82) is 0 Å². The Morgan fingerprint density at radius 2 is 1.69 bits per heavy atom. The number of piperazine rings is 1. The van der Waals surface area contributed by atoms with Crippen molar-refractivity contribution >= 4 is 11.7 Å². The number of Topliss-reactive ketones (excluding diaryl/α,β-unsaturated/α-hetero) is 1. The van der Waals surface area contributed by atoms with Crippen LogP contribution in [-0.2, 0) is 13.0 Å². The second-order valence-corrected chi connectivity index (χ2v) is 8.04. The molecule has 1 saturated heterocycles. The maximum atomic E-state index is 13.2. The summed E-state index contributed by atoms with van der Waals surface area (Å²) >= 11 is 0. The summed E-state index contributed by atoms with van der Waals surface area (Å²) in [5.74, 6) is 0.329. The topological polar surface area (TPSA) is 62.7 Å². The zero-order valence-corrected chi connectivity index (χ0v) is 18.2. The summed E-state index contributed by atoms with van der Waals surface area (Å²) in [4.78, 5) is 34.4. The number of benzene rings is 2. The van der Waals surface area contributed by atoms with E-state index >= 15 is 0 Å². The Balaban J connectivity index is 1.58. The smallest absolute Gasteiger partial charge is 0.253 e. The first-order valence-electron chi connectivity index (χ1n) is 10.8. The van der Waals surface area contributed by atoms with Gasteiger partial charge in [0.05, 0.1) is 5.56 Å². The summed E-state index contributed by atoms with van der Waals surface area (Å²) in [6.45, 7) is 3.40. The molecule has 3 aromatic rings.